The van der Waals surface area contributed by atoms with E-state index in [9.17, 15) is 4.39 Å². The Kier molecular flexibility index (Phi) is 3.28. The molecule has 1 fully saturated rings. The van der Waals surface area contributed by atoms with Crippen LogP contribution in [0.3, 0.4) is 0 Å². The van der Waals surface area contributed by atoms with Crippen molar-refractivity contribution in [3.63, 3.8) is 0 Å². The zero-order chi connectivity index (χ0) is 11.6. The molecule has 2 rings (SSSR count). The molecule has 2 unspecified atom stereocenters. The lowest BCUT2D eigenvalue weighted by atomic mass is 9.80. The summed E-state index contributed by atoms with van der Waals surface area (Å²) in [5, 5.41) is 4.09. The Morgan fingerprint density at radius 3 is 3.12 bits per heavy atom. The summed E-state index contributed by atoms with van der Waals surface area (Å²) < 4.78 is 16.2. The zero-order valence-electron chi connectivity index (χ0n) is 9.82. The Hall–Kier alpha value is -0.900. The van der Waals surface area contributed by atoms with Crippen LogP contribution in [0.5, 0.6) is 0 Å². The van der Waals surface area contributed by atoms with Crippen molar-refractivity contribution in [1.82, 2.24) is 9.78 Å². The van der Waals surface area contributed by atoms with Crippen molar-refractivity contribution >= 4 is 0 Å². The predicted molar refractivity (Wildman–Crippen MR) is 61.8 cm³/mol. The third kappa shape index (κ3) is 2.61. The highest BCUT2D eigenvalue weighted by atomic mass is 19.1. The van der Waals surface area contributed by atoms with Crippen LogP contribution in [0, 0.1) is 0 Å². The van der Waals surface area contributed by atoms with Crippen LogP contribution in [0.1, 0.15) is 37.8 Å². The minimum atomic E-state index is -1.05. The minimum Gasteiger partial charge on any atom is -0.328 e. The van der Waals surface area contributed by atoms with Gasteiger partial charge in [-0.2, -0.15) is 5.10 Å². The second kappa shape index (κ2) is 4.53. The molecule has 0 spiro atoms. The SMILES string of the molecule is Cn1nccc1CCC1(F)CCCC(N)C1. The van der Waals surface area contributed by atoms with E-state index in [1.165, 1.54) is 0 Å². The average Bonchev–Trinajstić information content (AvgIpc) is 2.61. The van der Waals surface area contributed by atoms with Gasteiger partial charge in [0.25, 0.3) is 0 Å². The van der Waals surface area contributed by atoms with Gasteiger partial charge in [0.05, 0.1) is 0 Å². The molecule has 1 aromatic heterocycles. The average molecular weight is 225 g/mol. The van der Waals surface area contributed by atoms with Crippen molar-refractivity contribution in [1.29, 1.82) is 0 Å². The Morgan fingerprint density at radius 1 is 1.69 bits per heavy atom. The van der Waals surface area contributed by atoms with E-state index in [-0.39, 0.29) is 6.04 Å². The van der Waals surface area contributed by atoms with E-state index in [0.717, 1.165) is 25.0 Å². The fourth-order valence-corrected chi connectivity index (χ4v) is 2.58. The van der Waals surface area contributed by atoms with Crippen molar-refractivity contribution in [2.45, 2.75) is 50.2 Å². The second-order valence-electron chi connectivity index (χ2n) is 4.95. The summed E-state index contributed by atoms with van der Waals surface area (Å²) in [5.74, 6) is 0. The first-order chi connectivity index (χ1) is 7.59. The summed E-state index contributed by atoms with van der Waals surface area (Å²) in [6.07, 6.45) is 6.15. The lowest BCUT2D eigenvalue weighted by molar-refractivity contribution is 0.0860. The van der Waals surface area contributed by atoms with E-state index in [2.05, 4.69) is 5.10 Å². The molecule has 16 heavy (non-hydrogen) atoms. The summed E-state index contributed by atoms with van der Waals surface area (Å²) in [7, 11) is 1.90. The molecule has 90 valence electrons. The van der Waals surface area contributed by atoms with Gasteiger partial charge in [0.1, 0.15) is 5.67 Å². The van der Waals surface area contributed by atoms with Crippen LogP contribution >= 0.6 is 0 Å². The maximum atomic E-state index is 14.4. The number of aryl methyl sites for hydroxylation is 2. The molecule has 2 N–H and O–H groups in total. The highest BCUT2D eigenvalue weighted by Gasteiger charge is 2.34. The van der Waals surface area contributed by atoms with E-state index in [1.807, 2.05) is 17.8 Å². The number of alkyl halides is 1. The van der Waals surface area contributed by atoms with E-state index in [4.69, 9.17) is 5.73 Å². The van der Waals surface area contributed by atoms with Crippen LogP contribution in [0.15, 0.2) is 12.3 Å². The minimum absolute atomic E-state index is 0.0466. The van der Waals surface area contributed by atoms with Gasteiger partial charge in [-0.3, -0.25) is 4.68 Å². The van der Waals surface area contributed by atoms with E-state index in [0.29, 0.717) is 19.3 Å². The molecule has 0 aliphatic heterocycles. The van der Waals surface area contributed by atoms with Crippen molar-refractivity contribution in [2.75, 3.05) is 0 Å². The Morgan fingerprint density at radius 2 is 2.50 bits per heavy atom. The number of nitrogens with two attached hydrogens (primary N) is 1. The maximum absolute atomic E-state index is 14.4. The fraction of sp³-hybridized carbons (Fsp3) is 0.750. The van der Waals surface area contributed by atoms with Crippen LogP contribution in [0.4, 0.5) is 4.39 Å². The molecule has 1 aliphatic carbocycles. The number of hydrogen-bond acceptors (Lipinski definition) is 2. The molecule has 0 aromatic carbocycles. The van der Waals surface area contributed by atoms with Gasteiger partial charge in [-0.05, 0) is 44.6 Å². The first-order valence-electron chi connectivity index (χ1n) is 6.00. The van der Waals surface area contributed by atoms with E-state index >= 15 is 0 Å². The fourth-order valence-electron chi connectivity index (χ4n) is 2.58. The van der Waals surface area contributed by atoms with Crippen LogP contribution in [-0.2, 0) is 13.5 Å². The quantitative estimate of drug-likeness (QED) is 0.854. The van der Waals surface area contributed by atoms with Crippen molar-refractivity contribution in [3.8, 4) is 0 Å². The van der Waals surface area contributed by atoms with Gasteiger partial charge in [-0.1, -0.05) is 0 Å². The monoisotopic (exact) mass is 225 g/mol. The Balaban J connectivity index is 1.91. The first kappa shape index (κ1) is 11.6. The third-order valence-electron chi connectivity index (χ3n) is 3.58. The molecule has 0 amide bonds. The summed E-state index contributed by atoms with van der Waals surface area (Å²) >= 11 is 0. The van der Waals surface area contributed by atoms with Crippen molar-refractivity contribution in [3.05, 3.63) is 18.0 Å². The molecule has 1 saturated carbocycles. The summed E-state index contributed by atoms with van der Waals surface area (Å²) in [4.78, 5) is 0. The zero-order valence-corrected chi connectivity index (χ0v) is 9.82. The third-order valence-corrected chi connectivity index (χ3v) is 3.58. The number of halogens is 1. The number of aromatic nitrogens is 2. The number of nitrogens with zero attached hydrogens (tertiary/aromatic N) is 2. The predicted octanol–water partition coefficient (Wildman–Crippen LogP) is 1.96. The highest BCUT2D eigenvalue weighted by molar-refractivity contribution is 5.02. The smallest absolute Gasteiger partial charge is 0.113 e. The number of rotatable bonds is 3. The van der Waals surface area contributed by atoms with Crippen molar-refractivity contribution < 1.29 is 4.39 Å². The van der Waals surface area contributed by atoms with Gasteiger partial charge in [0.2, 0.25) is 0 Å². The van der Waals surface area contributed by atoms with E-state index < -0.39 is 5.67 Å². The standard InChI is InChI=1S/C12H20FN3/c1-16-11(5-8-15-16)4-7-12(13)6-2-3-10(14)9-12/h5,8,10H,2-4,6-7,9,14H2,1H3. The van der Waals surface area contributed by atoms with E-state index in [1.54, 1.807) is 6.20 Å². The highest BCUT2D eigenvalue weighted by Crippen LogP contribution is 2.35. The molecule has 4 heteroatoms. The van der Waals surface area contributed by atoms with Gasteiger partial charge in [-0.25, -0.2) is 4.39 Å². The lowest BCUT2D eigenvalue weighted by Gasteiger charge is -2.33. The molecular weight excluding hydrogens is 205 g/mol. The molecule has 2 atom stereocenters. The molecule has 1 heterocycles. The number of hydrogen-bond donors (Lipinski definition) is 1. The lowest BCUT2D eigenvalue weighted by Crippen LogP contribution is -2.38. The summed E-state index contributed by atoms with van der Waals surface area (Å²) in [6, 6.07) is 2.00. The summed E-state index contributed by atoms with van der Waals surface area (Å²) in [6.45, 7) is 0. The Labute approximate surface area is 95.8 Å². The summed E-state index contributed by atoms with van der Waals surface area (Å²) in [5.41, 5.74) is 5.87. The van der Waals surface area contributed by atoms with Crippen LogP contribution < -0.4 is 5.73 Å². The topological polar surface area (TPSA) is 43.8 Å². The second-order valence-corrected chi connectivity index (χ2v) is 4.95. The maximum Gasteiger partial charge on any atom is 0.113 e. The van der Waals surface area contributed by atoms with Gasteiger partial charge < -0.3 is 5.73 Å². The van der Waals surface area contributed by atoms with Crippen LogP contribution in [0.2, 0.25) is 0 Å². The van der Waals surface area contributed by atoms with Gasteiger partial charge in [0.15, 0.2) is 0 Å². The van der Waals surface area contributed by atoms with Crippen LogP contribution in [-0.4, -0.2) is 21.5 Å². The molecule has 3 nitrogen and oxygen atoms in total. The van der Waals surface area contributed by atoms with Crippen molar-refractivity contribution in [2.24, 2.45) is 12.8 Å². The molecule has 0 saturated heterocycles. The molecule has 1 aromatic rings. The van der Waals surface area contributed by atoms with Gasteiger partial charge in [0, 0.05) is 25.0 Å². The largest absolute Gasteiger partial charge is 0.328 e. The molecule has 1 aliphatic rings. The van der Waals surface area contributed by atoms with Crippen LogP contribution in [0.25, 0.3) is 0 Å². The Bertz CT molecular complexity index is 350. The normalized spacial score (nSPS) is 30.6. The molecule has 0 bridgehead atoms. The van der Waals surface area contributed by atoms with Gasteiger partial charge in [-0.15, -0.1) is 0 Å². The first-order valence-corrected chi connectivity index (χ1v) is 6.00. The molecular formula is C12H20FN3. The van der Waals surface area contributed by atoms with Gasteiger partial charge >= 0.3 is 0 Å². The molecule has 0 radical (unpaired) electrons.